The van der Waals surface area contributed by atoms with Crippen molar-refractivity contribution in [2.75, 3.05) is 20.3 Å². The maximum Gasteiger partial charge on any atom is 0.207 e. The largest absolute Gasteiger partial charge is 0.494 e. The minimum atomic E-state index is -0.513. The van der Waals surface area contributed by atoms with Crippen molar-refractivity contribution in [2.45, 2.75) is 136 Å². The Morgan fingerprint density at radius 3 is 2.04 bits per heavy atom. The van der Waals surface area contributed by atoms with Gasteiger partial charge in [-0.25, -0.2) is 0 Å². The Labute approximate surface area is 273 Å². The van der Waals surface area contributed by atoms with E-state index in [0.29, 0.717) is 43.7 Å². The average Bonchev–Trinajstić information content (AvgIpc) is 3.06. The summed E-state index contributed by atoms with van der Waals surface area (Å²) in [6.45, 7) is 6.35. The zero-order valence-corrected chi connectivity index (χ0v) is 28.7. The van der Waals surface area contributed by atoms with Crippen LogP contribution in [0, 0.1) is 5.41 Å². The number of allylic oxidation sites excluding steroid dienone is 2. The second-order valence-electron chi connectivity index (χ2n) is 11.6. The first-order chi connectivity index (χ1) is 21.9. The molecule has 1 aromatic carbocycles. The fourth-order valence-corrected chi connectivity index (χ4v) is 4.69. The summed E-state index contributed by atoms with van der Waals surface area (Å²) in [6, 6.07) is 6.63. The number of alkyl halides is 1. The topological polar surface area (TPSA) is 116 Å². The van der Waals surface area contributed by atoms with Crippen molar-refractivity contribution >= 4 is 24.8 Å². The van der Waals surface area contributed by atoms with E-state index in [1.54, 1.807) is 12.1 Å². The molecule has 1 rings (SSSR count). The first-order valence-corrected chi connectivity index (χ1v) is 17.0. The summed E-state index contributed by atoms with van der Waals surface area (Å²) in [4.78, 5) is 43.9. The third-order valence-corrected chi connectivity index (χ3v) is 7.36. The molecule has 45 heavy (non-hydrogen) atoms. The van der Waals surface area contributed by atoms with Crippen molar-refractivity contribution in [3.05, 3.63) is 42.0 Å². The number of nitrogens with one attached hydrogen (secondary N) is 1. The smallest absolute Gasteiger partial charge is 0.207 e. The van der Waals surface area contributed by atoms with Crippen molar-refractivity contribution in [3.63, 3.8) is 0 Å². The molecule has 1 aromatic rings. The van der Waals surface area contributed by atoms with Gasteiger partial charge in [-0.05, 0) is 69.7 Å². The van der Waals surface area contributed by atoms with Crippen LogP contribution in [0.1, 0.15) is 129 Å². The summed E-state index contributed by atoms with van der Waals surface area (Å²) >= 11 is 0. The zero-order valence-electron chi connectivity index (χ0n) is 28.7. The van der Waals surface area contributed by atoms with Crippen LogP contribution in [0.5, 0.6) is 5.75 Å². The van der Waals surface area contributed by atoms with E-state index < -0.39 is 12.7 Å². The van der Waals surface area contributed by atoms with Crippen LogP contribution < -0.4 is 15.8 Å². The molecule has 1 amide bonds. The SMILES string of the molecule is CCCCCCCC(=O)CCCCCC/C=C/CC(C)(C=O)CCC.CN.O=CNC(C=O)Cc1ccc(OCCCF)cc1. The molecule has 3 N–H and O–H groups in total. The predicted molar refractivity (Wildman–Crippen MR) is 184 cm³/mol. The van der Waals surface area contributed by atoms with Crippen molar-refractivity contribution in [1.82, 2.24) is 5.32 Å². The second kappa shape index (κ2) is 32.5. The third kappa shape index (κ3) is 27.2. The molecule has 0 aliphatic carbocycles. The Kier molecular flexibility index (Phi) is 32.0. The molecule has 2 unspecified atom stereocenters. The molecule has 0 fully saturated rings. The number of hydrogen-bond acceptors (Lipinski definition) is 6. The molecule has 7 nitrogen and oxygen atoms in total. The Morgan fingerprint density at radius 2 is 1.51 bits per heavy atom. The number of amides is 1. The molecule has 0 saturated heterocycles. The van der Waals surface area contributed by atoms with Gasteiger partial charge in [0.05, 0.1) is 19.3 Å². The summed E-state index contributed by atoms with van der Waals surface area (Å²) in [5.74, 6) is 1.12. The number of carbonyl (C=O) groups excluding carboxylic acids is 4. The molecule has 258 valence electrons. The lowest BCUT2D eigenvalue weighted by Gasteiger charge is -2.19. The number of Topliss-reactive ketones (excluding diaryl/α,β-unsaturated/α-hetero) is 1. The van der Waals surface area contributed by atoms with E-state index in [-0.39, 0.29) is 5.41 Å². The summed E-state index contributed by atoms with van der Waals surface area (Å²) in [5, 5.41) is 2.42. The fourth-order valence-electron chi connectivity index (χ4n) is 4.69. The quantitative estimate of drug-likeness (QED) is 0.0575. The maximum absolute atomic E-state index is 11.9. The Hall–Kier alpha value is -2.87. The van der Waals surface area contributed by atoms with Gasteiger partial charge in [-0.2, -0.15) is 0 Å². The fraction of sp³-hybridized carbons (Fsp3) is 0.676. The molecular weight excluding hydrogens is 571 g/mol. The highest BCUT2D eigenvalue weighted by Crippen LogP contribution is 2.25. The molecule has 0 bridgehead atoms. The zero-order chi connectivity index (χ0) is 34.0. The van der Waals surface area contributed by atoms with E-state index in [9.17, 15) is 23.6 Å². The lowest BCUT2D eigenvalue weighted by molar-refractivity contribution is -0.119. The highest BCUT2D eigenvalue weighted by atomic mass is 19.1. The summed E-state index contributed by atoms with van der Waals surface area (Å²) in [5.41, 5.74) is 5.24. The Balaban J connectivity index is 0. The van der Waals surface area contributed by atoms with E-state index in [1.807, 2.05) is 12.1 Å². The van der Waals surface area contributed by atoms with Crippen LogP contribution >= 0.6 is 0 Å². The number of halogens is 1. The Morgan fingerprint density at radius 1 is 0.889 bits per heavy atom. The van der Waals surface area contributed by atoms with E-state index >= 15 is 0 Å². The summed E-state index contributed by atoms with van der Waals surface area (Å²) < 4.78 is 17.2. The number of nitrogens with two attached hydrogens (primary N) is 1. The lowest BCUT2D eigenvalue weighted by atomic mass is 9.84. The van der Waals surface area contributed by atoms with Crippen molar-refractivity contribution in [3.8, 4) is 5.75 Å². The first kappa shape index (κ1) is 44.3. The number of carbonyl (C=O) groups is 4. The normalized spacial score (nSPS) is 12.5. The van der Waals surface area contributed by atoms with E-state index in [1.165, 1.54) is 45.6 Å². The molecule has 0 aromatic heterocycles. The molecule has 0 saturated carbocycles. The molecule has 0 spiro atoms. The number of unbranched alkanes of at least 4 members (excludes halogenated alkanes) is 8. The number of hydrogen-bond donors (Lipinski definition) is 2. The molecule has 0 heterocycles. The standard InChI is InChI=1S/C23H42O2.C13H16FNO3.CH5N/c1-4-6-7-11-14-17-22(25)18-15-12-9-8-10-13-16-20-23(3,21-24)19-5-2;14-6-1-7-18-13-4-2-11(3-5-13)8-12(9-16)15-10-17;1-2/h13,16,21H,4-12,14-15,17-20H2,1-3H3;2-5,9-10,12H,1,6-8H2,(H,15,17);2H2,1H3/b16-13+;;. The molecule has 0 aliphatic rings. The maximum atomic E-state index is 11.9. The molecule has 8 heteroatoms. The first-order valence-electron chi connectivity index (χ1n) is 17.0. The lowest BCUT2D eigenvalue weighted by Crippen LogP contribution is -2.31. The number of rotatable bonds is 27. The predicted octanol–water partition coefficient (Wildman–Crippen LogP) is 8.06. The van der Waals surface area contributed by atoms with Gasteiger partial charge in [0.2, 0.25) is 6.41 Å². The van der Waals surface area contributed by atoms with Gasteiger partial charge >= 0.3 is 0 Å². The number of aldehydes is 2. The van der Waals surface area contributed by atoms with Crippen molar-refractivity contribution in [1.29, 1.82) is 0 Å². The highest BCUT2D eigenvalue weighted by molar-refractivity contribution is 5.78. The van der Waals surface area contributed by atoms with Crippen LogP contribution in [0.25, 0.3) is 0 Å². The van der Waals surface area contributed by atoms with E-state index in [4.69, 9.17) is 4.74 Å². The van der Waals surface area contributed by atoms with Crippen LogP contribution in [0.4, 0.5) is 4.39 Å². The number of ether oxygens (including phenoxy) is 1. The minimum absolute atomic E-state index is 0.178. The monoisotopic (exact) mass is 634 g/mol. The number of ketones is 1. The molecule has 0 radical (unpaired) electrons. The van der Waals surface area contributed by atoms with Gasteiger partial charge in [0.25, 0.3) is 0 Å². The van der Waals surface area contributed by atoms with Crippen LogP contribution in [0.15, 0.2) is 36.4 Å². The van der Waals surface area contributed by atoms with Gasteiger partial charge in [0.1, 0.15) is 24.1 Å². The van der Waals surface area contributed by atoms with Gasteiger partial charge in [-0.1, -0.05) is 90.0 Å². The molecule has 2 atom stereocenters. The number of benzene rings is 1. The van der Waals surface area contributed by atoms with Crippen LogP contribution in [0.3, 0.4) is 0 Å². The molecule has 0 aliphatic heterocycles. The van der Waals surface area contributed by atoms with Gasteiger partial charge in [-0.3, -0.25) is 14.0 Å². The van der Waals surface area contributed by atoms with E-state index in [2.05, 4.69) is 44.0 Å². The Bertz CT molecular complexity index is 878. The van der Waals surface area contributed by atoms with Gasteiger partial charge in [-0.15, -0.1) is 0 Å². The third-order valence-electron chi connectivity index (χ3n) is 7.36. The summed E-state index contributed by atoms with van der Waals surface area (Å²) in [6.07, 6.45) is 23.8. The van der Waals surface area contributed by atoms with Crippen LogP contribution in [0.2, 0.25) is 0 Å². The van der Waals surface area contributed by atoms with Crippen LogP contribution in [-0.2, 0) is 25.6 Å². The highest BCUT2D eigenvalue weighted by Gasteiger charge is 2.20. The average molecular weight is 635 g/mol. The van der Waals surface area contributed by atoms with Crippen molar-refractivity contribution in [2.24, 2.45) is 11.1 Å². The van der Waals surface area contributed by atoms with Gasteiger partial charge in [0, 0.05) is 24.7 Å². The van der Waals surface area contributed by atoms with E-state index in [0.717, 1.165) is 69.6 Å². The van der Waals surface area contributed by atoms with Crippen LogP contribution in [-0.4, -0.2) is 51.1 Å². The van der Waals surface area contributed by atoms with Crippen molar-refractivity contribution < 1.29 is 28.3 Å². The summed E-state index contributed by atoms with van der Waals surface area (Å²) in [7, 11) is 1.50. The molecular formula is C37H63FN2O5. The minimum Gasteiger partial charge on any atom is -0.494 e. The van der Waals surface area contributed by atoms with Gasteiger partial charge < -0.3 is 25.4 Å². The van der Waals surface area contributed by atoms with Gasteiger partial charge in [0.15, 0.2) is 0 Å². The second-order valence-corrected chi connectivity index (χ2v) is 11.6.